The molecule has 0 aliphatic heterocycles. The molecule has 92 valence electrons. The van der Waals surface area contributed by atoms with Gasteiger partial charge in [0, 0.05) is 5.69 Å². The number of nitrogens with one attached hydrogen (secondary N) is 1. The summed E-state index contributed by atoms with van der Waals surface area (Å²) in [7, 11) is 1.30. The average molecular weight is 246 g/mol. The number of rotatable bonds is 3. The average Bonchev–Trinajstić information content (AvgIpc) is 2.92. The number of carbonyl (C=O) groups is 2. The van der Waals surface area contributed by atoms with Crippen molar-refractivity contribution in [2.24, 2.45) is 0 Å². The molecule has 6 heteroatoms. The second-order valence-electron chi connectivity index (χ2n) is 3.44. The lowest BCUT2D eigenvalue weighted by Gasteiger charge is -2.05. The summed E-state index contributed by atoms with van der Waals surface area (Å²) in [4.78, 5) is 23.0. The van der Waals surface area contributed by atoms with Crippen molar-refractivity contribution in [3.8, 4) is 0 Å². The summed E-state index contributed by atoms with van der Waals surface area (Å²) >= 11 is 0. The van der Waals surface area contributed by atoms with E-state index in [0.717, 1.165) is 0 Å². The highest BCUT2D eigenvalue weighted by Gasteiger charge is 2.10. The summed E-state index contributed by atoms with van der Waals surface area (Å²) in [5.74, 6) is -0.825. The molecule has 0 radical (unpaired) electrons. The molecular formula is C12H10N2O4. The second-order valence-corrected chi connectivity index (χ2v) is 3.44. The number of carbonyl (C=O) groups excluding carboxylic acids is 2. The Morgan fingerprint density at radius 3 is 2.83 bits per heavy atom. The summed E-state index contributed by atoms with van der Waals surface area (Å²) in [5, 5.41) is 6.05. The van der Waals surface area contributed by atoms with Crippen molar-refractivity contribution in [2.75, 3.05) is 12.4 Å². The van der Waals surface area contributed by atoms with Gasteiger partial charge in [-0.1, -0.05) is 11.2 Å². The molecule has 0 spiro atoms. The lowest BCUT2D eigenvalue weighted by molar-refractivity contribution is 0.0600. The summed E-state index contributed by atoms with van der Waals surface area (Å²) in [6.07, 6.45) is 2.54. The number of amides is 1. The smallest absolute Gasteiger partial charge is 0.337 e. The molecule has 0 aliphatic carbocycles. The third-order valence-corrected chi connectivity index (χ3v) is 2.24. The molecule has 1 heterocycles. The van der Waals surface area contributed by atoms with Gasteiger partial charge in [-0.05, 0) is 18.2 Å². The number of anilines is 1. The van der Waals surface area contributed by atoms with Crippen LogP contribution in [0.3, 0.4) is 0 Å². The van der Waals surface area contributed by atoms with Gasteiger partial charge in [-0.25, -0.2) is 4.79 Å². The Morgan fingerprint density at radius 1 is 1.33 bits per heavy atom. The number of hydrogen-bond donors (Lipinski definition) is 1. The van der Waals surface area contributed by atoms with Crippen LogP contribution in [0.25, 0.3) is 0 Å². The van der Waals surface area contributed by atoms with Crippen molar-refractivity contribution < 1.29 is 18.8 Å². The van der Waals surface area contributed by atoms with E-state index >= 15 is 0 Å². The third-order valence-electron chi connectivity index (χ3n) is 2.24. The van der Waals surface area contributed by atoms with Gasteiger partial charge in [0.25, 0.3) is 5.91 Å². The summed E-state index contributed by atoms with van der Waals surface area (Å²) < 4.78 is 9.16. The van der Waals surface area contributed by atoms with Gasteiger partial charge in [-0.15, -0.1) is 0 Å². The number of nitrogens with zero attached hydrogens (tertiary/aromatic N) is 1. The van der Waals surface area contributed by atoms with Crippen molar-refractivity contribution in [3.63, 3.8) is 0 Å². The first-order chi connectivity index (χ1) is 8.70. The maximum Gasteiger partial charge on any atom is 0.337 e. The molecule has 0 atom stereocenters. The Hall–Kier alpha value is -2.63. The van der Waals surface area contributed by atoms with E-state index in [2.05, 4.69) is 19.7 Å². The number of esters is 1. The van der Waals surface area contributed by atoms with Crippen LogP contribution in [-0.4, -0.2) is 24.1 Å². The van der Waals surface area contributed by atoms with Crippen LogP contribution in [0.15, 0.2) is 41.2 Å². The molecule has 6 nitrogen and oxygen atoms in total. The number of aromatic nitrogens is 1. The van der Waals surface area contributed by atoms with E-state index in [9.17, 15) is 9.59 Å². The van der Waals surface area contributed by atoms with Gasteiger partial charge in [-0.2, -0.15) is 0 Å². The molecule has 0 saturated carbocycles. The fourth-order valence-corrected chi connectivity index (χ4v) is 1.36. The van der Waals surface area contributed by atoms with Gasteiger partial charge in [0.2, 0.25) is 0 Å². The maximum atomic E-state index is 11.7. The fourth-order valence-electron chi connectivity index (χ4n) is 1.36. The molecule has 1 aromatic carbocycles. The Labute approximate surface area is 103 Å². The van der Waals surface area contributed by atoms with Crippen LogP contribution in [-0.2, 0) is 4.74 Å². The first-order valence-electron chi connectivity index (χ1n) is 5.10. The van der Waals surface area contributed by atoms with Crippen LogP contribution < -0.4 is 5.32 Å². The van der Waals surface area contributed by atoms with Crippen molar-refractivity contribution in [1.82, 2.24) is 5.16 Å². The maximum absolute atomic E-state index is 11.7. The molecule has 2 aromatic rings. The van der Waals surface area contributed by atoms with Crippen molar-refractivity contribution in [2.45, 2.75) is 0 Å². The van der Waals surface area contributed by atoms with E-state index in [1.165, 1.54) is 25.6 Å². The summed E-state index contributed by atoms with van der Waals surface area (Å²) in [5.41, 5.74) is 1.16. The van der Waals surface area contributed by atoms with Crippen LogP contribution in [0.1, 0.15) is 20.7 Å². The zero-order chi connectivity index (χ0) is 13.0. The van der Waals surface area contributed by atoms with Gasteiger partial charge < -0.3 is 14.6 Å². The minimum atomic E-state index is -0.462. The first kappa shape index (κ1) is 11.8. The largest absolute Gasteiger partial charge is 0.465 e. The zero-order valence-electron chi connectivity index (χ0n) is 9.54. The number of benzene rings is 1. The second kappa shape index (κ2) is 5.13. The Bertz CT molecular complexity index is 563. The van der Waals surface area contributed by atoms with E-state index in [1.54, 1.807) is 18.2 Å². The minimum absolute atomic E-state index is 0.304. The van der Waals surface area contributed by atoms with Crippen LogP contribution in [0, 0.1) is 0 Å². The number of ether oxygens (including phenoxy) is 1. The third kappa shape index (κ3) is 2.54. The molecule has 0 bridgehead atoms. The molecule has 1 aromatic heterocycles. The van der Waals surface area contributed by atoms with E-state index in [4.69, 9.17) is 0 Å². The summed E-state index contributed by atoms with van der Waals surface area (Å²) in [6, 6.07) is 6.44. The van der Waals surface area contributed by atoms with E-state index in [0.29, 0.717) is 16.8 Å². The quantitative estimate of drug-likeness (QED) is 0.834. The first-order valence-corrected chi connectivity index (χ1v) is 5.10. The molecule has 0 unspecified atom stereocenters. The summed E-state index contributed by atoms with van der Waals surface area (Å²) in [6.45, 7) is 0. The van der Waals surface area contributed by atoms with E-state index in [1.807, 2.05) is 0 Å². The molecule has 1 amide bonds. The van der Waals surface area contributed by atoms with Gasteiger partial charge in [-0.3, -0.25) is 4.79 Å². The predicted molar refractivity (Wildman–Crippen MR) is 62.2 cm³/mol. The molecule has 0 saturated heterocycles. The van der Waals surface area contributed by atoms with Crippen molar-refractivity contribution in [1.29, 1.82) is 0 Å². The van der Waals surface area contributed by atoms with Gasteiger partial charge >= 0.3 is 5.97 Å². The predicted octanol–water partition coefficient (Wildman–Crippen LogP) is 1.71. The van der Waals surface area contributed by atoms with Crippen molar-refractivity contribution >= 4 is 17.6 Å². The lowest BCUT2D eigenvalue weighted by Crippen LogP contribution is -2.11. The Balaban J connectivity index is 2.15. The molecule has 1 N–H and O–H groups in total. The minimum Gasteiger partial charge on any atom is -0.465 e. The van der Waals surface area contributed by atoms with Crippen LogP contribution >= 0.6 is 0 Å². The highest BCUT2D eigenvalue weighted by Crippen LogP contribution is 2.12. The number of methoxy groups -OCH3 is 1. The molecule has 0 fully saturated rings. The normalized spacial score (nSPS) is 9.83. The standard InChI is InChI=1S/C12H10N2O4/c1-17-12(16)8-3-2-4-10(5-8)14-11(15)9-6-13-18-7-9/h2-7H,1H3,(H,14,15). The lowest BCUT2D eigenvalue weighted by atomic mass is 10.2. The van der Waals surface area contributed by atoms with E-state index < -0.39 is 5.97 Å². The Kier molecular flexibility index (Phi) is 3.38. The molecular weight excluding hydrogens is 236 g/mol. The highest BCUT2D eigenvalue weighted by atomic mass is 16.5. The van der Waals surface area contributed by atoms with Gasteiger partial charge in [0.1, 0.15) is 6.26 Å². The van der Waals surface area contributed by atoms with Gasteiger partial charge in [0.15, 0.2) is 0 Å². The van der Waals surface area contributed by atoms with E-state index in [-0.39, 0.29) is 5.91 Å². The SMILES string of the molecule is COC(=O)c1cccc(NC(=O)c2cnoc2)c1. The molecule has 18 heavy (non-hydrogen) atoms. The number of hydrogen-bond acceptors (Lipinski definition) is 5. The van der Waals surface area contributed by atoms with Crippen LogP contribution in [0.5, 0.6) is 0 Å². The van der Waals surface area contributed by atoms with Gasteiger partial charge in [0.05, 0.1) is 24.4 Å². The monoisotopic (exact) mass is 246 g/mol. The van der Waals surface area contributed by atoms with Crippen molar-refractivity contribution in [3.05, 3.63) is 47.9 Å². The van der Waals surface area contributed by atoms with Crippen LogP contribution in [0.2, 0.25) is 0 Å². The van der Waals surface area contributed by atoms with Crippen LogP contribution in [0.4, 0.5) is 5.69 Å². The molecule has 0 aliphatic rings. The highest BCUT2D eigenvalue weighted by molar-refractivity contribution is 6.04. The Morgan fingerprint density at radius 2 is 2.17 bits per heavy atom. The molecule has 2 rings (SSSR count). The zero-order valence-corrected chi connectivity index (χ0v) is 9.54. The fraction of sp³-hybridized carbons (Fsp3) is 0.0833. The topological polar surface area (TPSA) is 81.4 Å².